The first-order chi connectivity index (χ1) is 14.2. The Morgan fingerprint density at radius 2 is 2.03 bits per heavy atom. The number of aliphatic hydroxyl groups is 1. The van der Waals surface area contributed by atoms with Crippen LogP contribution in [0.4, 0.5) is 0 Å². The molecule has 8 heteroatoms. The zero-order chi connectivity index (χ0) is 22.4. The van der Waals surface area contributed by atoms with Gasteiger partial charge in [0.25, 0.3) is 0 Å². The maximum Gasteiger partial charge on any atom is 0.334 e. The number of ether oxygens (including phenoxy) is 3. The van der Waals surface area contributed by atoms with Crippen molar-refractivity contribution in [3.63, 3.8) is 0 Å². The minimum Gasteiger partial charge on any atom is -0.458 e. The van der Waals surface area contributed by atoms with Crippen LogP contribution in [0.25, 0.3) is 0 Å². The average molecular weight is 418 g/mol. The Hall–Kier alpha value is -3.00. The van der Waals surface area contributed by atoms with Gasteiger partial charge in [0.1, 0.15) is 24.6 Å². The summed E-state index contributed by atoms with van der Waals surface area (Å²) in [6, 6.07) is 0. The minimum atomic E-state index is -0.894. The van der Waals surface area contributed by atoms with Crippen LogP contribution in [0.5, 0.6) is 0 Å². The Balaban J connectivity index is 2.47. The molecule has 2 aliphatic rings. The average Bonchev–Trinajstić information content (AvgIpc) is 2.95. The Labute approximate surface area is 174 Å². The number of carbonyl (C=O) groups is 4. The number of hydrogen-bond acceptors (Lipinski definition) is 8. The lowest BCUT2D eigenvalue weighted by atomic mass is 9.85. The van der Waals surface area contributed by atoms with E-state index in [0.29, 0.717) is 17.4 Å². The largest absolute Gasteiger partial charge is 0.458 e. The normalized spacial score (nSPS) is 30.7. The summed E-state index contributed by atoms with van der Waals surface area (Å²) >= 11 is 0. The monoisotopic (exact) mass is 418 g/mol. The molecule has 0 amide bonds. The van der Waals surface area contributed by atoms with Gasteiger partial charge in [0, 0.05) is 30.9 Å². The SMILES string of the molecule is C=C1C(=O)O[C@@H]2/C=C(\C)[C@@H](OC(C)=O)C/C=C(/C=O)C[C@@H](OC(=O)/C(C)=C/CO)[C@@H]12. The second-order valence-electron chi connectivity index (χ2n) is 7.28. The predicted octanol–water partition coefficient (Wildman–Crippen LogP) is 1.73. The van der Waals surface area contributed by atoms with Crippen LogP contribution >= 0.6 is 0 Å². The van der Waals surface area contributed by atoms with Crippen LogP contribution in [0.3, 0.4) is 0 Å². The van der Waals surface area contributed by atoms with E-state index < -0.39 is 42.1 Å². The van der Waals surface area contributed by atoms with Gasteiger partial charge >= 0.3 is 17.9 Å². The first-order valence-corrected chi connectivity index (χ1v) is 9.56. The second kappa shape index (κ2) is 10.2. The predicted molar refractivity (Wildman–Crippen MR) is 106 cm³/mol. The summed E-state index contributed by atoms with van der Waals surface area (Å²) in [6.45, 7) is 7.96. The van der Waals surface area contributed by atoms with Gasteiger partial charge in [0.15, 0.2) is 0 Å². The van der Waals surface area contributed by atoms with Crippen molar-refractivity contribution in [2.75, 3.05) is 6.61 Å². The first-order valence-electron chi connectivity index (χ1n) is 9.56. The fourth-order valence-corrected chi connectivity index (χ4v) is 3.44. The van der Waals surface area contributed by atoms with E-state index in [1.165, 1.54) is 19.9 Å². The summed E-state index contributed by atoms with van der Waals surface area (Å²) in [6.07, 6.45) is 3.17. The molecule has 30 heavy (non-hydrogen) atoms. The Morgan fingerprint density at radius 3 is 2.63 bits per heavy atom. The van der Waals surface area contributed by atoms with Gasteiger partial charge < -0.3 is 19.3 Å². The molecule has 4 atom stereocenters. The molecule has 0 saturated carbocycles. The van der Waals surface area contributed by atoms with Crippen molar-refractivity contribution in [2.45, 2.75) is 51.9 Å². The third kappa shape index (κ3) is 5.54. The van der Waals surface area contributed by atoms with Gasteiger partial charge in [-0.1, -0.05) is 12.7 Å². The van der Waals surface area contributed by atoms with Crippen LogP contribution in [-0.4, -0.2) is 54.2 Å². The van der Waals surface area contributed by atoms with Crippen molar-refractivity contribution in [3.8, 4) is 0 Å². The lowest BCUT2D eigenvalue weighted by Gasteiger charge is -2.28. The van der Waals surface area contributed by atoms with Crippen LogP contribution < -0.4 is 0 Å². The number of aldehydes is 1. The highest BCUT2D eigenvalue weighted by molar-refractivity contribution is 5.92. The van der Waals surface area contributed by atoms with E-state index in [1.54, 1.807) is 19.1 Å². The van der Waals surface area contributed by atoms with Crippen LogP contribution in [-0.2, 0) is 33.4 Å². The Bertz CT molecular complexity index is 832. The van der Waals surface area contributed by atoms with Gasteiger partial charge in [-0.2, -0.15) is 0 Å². The molecule has 1 aliphatic carbocycles. The lowest BCUT2D eigenvalue weighted by Crippen LogP contribution is -2.34. The summed E-state index contributed by atoms with van der Waals surface area (Å²) in [5.74, 6) is -2.51. The summed E-state index contributed by atoms with van der Waals surface area (Å²) in [5, 5.41) is 9.00. The maximum absolute atomic E-state index is 12.4. The maximum atomic E-state index is 12.4. The number of esters is 3. The molecule has 162 valence electrons. The van der Waals surface area contributed by atoms with Crippen molar-refractivity contribution in [3.05, 3.63) is 47.1 Å². The highest BCUT2D eigenvalue weighted by atomic mass is 16.6. The number of carbonyl (C=O) groups excluding carboxylic acids is 4. The van der Waals surface area contributed by atoms with E-state index >= 15 is 0 Å². The molecule has 0 radical (unpaired) electrons. The van der Waals surface area contributed by atoms with E-state index in [4.69, 9.17) is 19.3 Å². The molecular formula is C22H26O8. The first kappa shape index (κ1) is 23.3. The molecule has 0 aromatic heterocycles. The minimum absolute atomic E-state index is 0.0259. The van der Waals surface area contributed by atoms with Crippen LogP contribution in [0.15, 0.2) is 47.1 Å². The lowest BCUT2D eigenvalue weighted by molar-refractivity contribution is -0.148. The zero-order valence-electron chi connectivity index (χ0n) is 17.3. The highest BCUT2D eigenvalue weighted by Crippen LogP contribution is 2.36. The fraction of sp³-hybridized carbons (Fsp3) is 0.455. The van der Waals surface area contributed by atoms with E-state index in [-0.39, 0.29) is 30.6 Å². The summed E-state index contributed by atoms with van der Waals surface area (Å²) < 4.78 is 16.3. The molecule has 0 bridgehead atoms. The van der Waals surface area contributed by atoms with Gasteiger partial charge in [-0.3, -0.25) is 9.59 Å². The molecule has 1 aliphatic heterocycles. The Morgan fingerprint density at radius 1 is 1.33 bits per heavy atom. The van der Waals surface area contributed by atoms with Gasteiger partial charge in [-0.05, 0) is 37.1 Å². The van der Waals surface area contributed by atoms with Crippen molar-refractivity contribution in [1.29, 1.82) is 0 Å². The van der Waals surface area contributed by atoms with E-state index in [0.717, 1.165) is 0 Å². The third-order valence-corrected chi connectivity index (χ3v) is 5.07. The van der Waals surface area contributed by atoms with Crippen LogP contribution in [0.1, 0.15) is 33.6 Å². The second-order valence-corrected chi connectivity index (χ2v) is 7.28. The smallest absolute Gasteiger partial charge is 0.334 e. The highest BCUT2D eigenvalue weighted by Gasteiger charge is 2.45. The molecule has 1 saturated heterocycles. The third-order valence-electron chi connectivity index (χ3n) is 5.07. The summed E-state index contributed by atoms with van der Waals surface area (Å²) in [7, 11) is 0. The molecular weight excluding hydrogens is 392 g/mol. The molecule has 0 aromatic rings. The fourth-order valence-electron chi connectivity index (χ4n) is 3.44. The molecule has 0 spiro atoms. The zero-order valence-corrected chi connectivity index (χ0v) is 17.3. The Kier molecular flexibility index (Phi) is 7.88. The van der Waals surface area contributed by atoms with Gasteiger partial charge in [0.2, 0.25) is 0 Å². The molecule has 8 nitrogen and oxygen atoms in total. The van der Waals surface area contributed by atoms with Crippen molar-refractivity contribution in [2.24, 2.45) is 5.92 Å². The molecule has 1 heterocycles. The van der Waals surface area contributed by atoms with Crippen LogP contribution in [0.2, 0.25) is 0 Å². The van der Waals surface area contributed by atoms with Gasteiger partial charge in [0.05, 0.1) is 12.5 Å². The standard InChI is InChI=1S/C22H26O8/c1-12(7-8-23)21(26)29-19-10-16(11-24)5-6-17(28-15(4)25)13(2)9-18-20(19)14(3)22(27)30-18/h5,7,9,11,17-20,23H,3,6,8,10H2,1-2,4H3/b12-7+,13-9+,16-5+/t17-,18+,19+,20-/m0/s1. The molecule has 0 unspecified atom stereocenters. The van der Waals surface area contributed by atoms with Crippen molar-refractivity contribution >= 4 is 24.2 Å². The quantitative estimate of drug-likeness (QED) is 0.236. The molecule has 0 aromatic carbocycles. The van der Waals surface area contributed by atoms with Gasteiger partial charge in [-0.25, -0.2) is 9.59 Å². The van der Waals surface area contributed by atoms with Crippen LogP contribution in [0, 0.1) is 5.92 Å². The van der Waals surface area contributed by atoms with Crippen molar-refractivity contribution < 1.29 is 38.5 Å². The van der Waals surface area contributed by atoms with E-state index in [9.17, 15) is 19.2 Å². The number of aliphatic hydroxyl groups excluding tert-OH is 1. The molecule has 1 fully saturated rings. The summed E-state index contributed by atoms with van der Waals surface area (Å²) in [4.78, 5) is 47.7. The molecule has 2 rings (SSSR count). The topological polar surface area (TPSA) is 116 Å². The number of fused-ring (bicyclic) bond motifs is 1. The van der Waals surface area contributed by atoms with Crippen molar-refractivity contribution in [1.82, 2.24) is 0 Å². The van der Waals surface area contributed by atoms with E-state index in [2.05, 4.69) is 6.58 Å². The molecule has 1 N–H and O–H groups in total. The number of hydrogen-bond donors (Lipinski definition) is 1. The van der Waals surface area contributed by atoms with Gasteiger partial charge in [-0.15, -0.1) is 0 Å². The summed E-state index contributed by atoms with van der Waals surface area (Å²) in [5.41, 5.74) is 1.28. The van der Waals surface area contributed by atoms with E-state index in [1.807, 2.05) is 0 Å². The number of rotatable bonds is 5.